The first-order chi connectivity index (χ1) is 20.2. The molecule has 4 heterocycles. The van der Waals surface area contributed by atoms with E-state index in [1.165, 1.54) is 0 Å². The van der Waals surface area contributed by atoms with E-state index in [2.05, 4.69) is 19.6 Å². The lowest BCUT2D eigenvalue weighted by molar-refractivity contribution is 0.00340. The lowest BCUT2D eigenvalue weighted by Crippen LogP contribution is -2.41. The molecule has 0 amide bonds. The van der Waals surface area contributed by atoms with Crippen molar-refractivity contribution in [3.05, 3.63) is 41.4 Å². The van der Waals surface area contributed by atoms with Crippen LogP contribution in [0.25, 0.3) is 22.2 Å². The van der Waals surface area contributed by atoms with E-state index in [-0.39, 0.29) is 19.4 Å². The van der Waals surface area contributed by atoms with Gasteiger partial charge >= 0.3 is 7.12 Å². The summed E-state index contributed by atoms with van der Waals surface area (Å²) in [5, 5.41) is 10.8. The van der Waals surface area contributed by atoms with Crippen molar-refractivity contribution in [1.29, 1.82) is 0 Å². The van der Waals surface area contributed by atoms with Crippen LogP contribution in [0.1, 0.15) is 27.7 Å². The lowest BCUT2D eigenvalue weighted by Gasteiger charge is -2.32. The van der Waals surface area contributed by atoms with E-state index in [1.54, 1.807) is 0 Å². The number of ether oxygens (including phenoxy) is 4. The number of fused-ring (bicyclic) bond motifs is 2. The molecule has 3 fully saturated rings. The van der Waals surface area contributed by atoms with Crippen molar-refractivity contribution >= 4 is 43.3 Å². The van der Waals surface area contributed by atoms with Crippen LogP contribution in [0.15, 0.2) is 36.4 Å². The van der Waals surface area contributed by atoms with Gasteiger partial charge in [0.15, 0.2) is 6.10 Å². The topological polar surface area (TPSA) is 93.4 Å². The van der Waals surface area contributed by atoms with Crippen molar-refractivity contribution in [3.8, 4) is 17.1 Å². The molecule has 0 bridgehead atoms. The maximum absolute atomic E-state index is 10.2. The Bertz CT molecular complexity index is 1460. The molecule has 3 aromatic rings. The van der Waals surface area contributed by atoms with Crippen molar-refractivity contribution in [2.24, 2.45) is 0 Å². The average Bonchev–Trinajstić information content (AvgIpc) is 3.64. The van der Waals surface area contributed by atoms with Crippen LogP contribution < -0.4 is 10.2 Å². The number of rotatable bonds is 9. The van der Waals surface area contributed by atoms with Gasteiger partial charge in [-0.2, -0.15) is 4.98 Å². The van der Waals surface area contributed by atoms with Crippen molar-refractivity contribution in [2.75, 3.05) is 19.8 Å². The molecular formula is C31H42BClN2O7Si. The van der Waals surface area contributed by atoms with Crippen molar-refractivity contribution < 1.29 is 33.4 Å². The highest BCUT2D eigenvalue weighted by molar-refractivity contribution is 6.76. The summed E-state index contributed by atoms with van der Waals surface area (Å²) in [6.45, 7) is 16.7. The van der Waals surface area contributed by atoms with Gasteiger partial charge in [-0.3, -0.25) is 4.57 Å². The zero-order chi connectivity index (χ0) is 30.7. The molecule has 12 heteroatoms. The van der Waals surface area contributed by atoms with Crippen LogP contribution in [-0.4, -0.2) is 85.3 Å². The number of aromatic nitrogens is 2. The van der Waals surface area contributed by atoms with Gasteiger partial charge in [-0.1, -0.05) is 55.5 Å². The first-order valence-electron chi connectivity index (χ1n) is 15.0. The zero-order valence-corrected chi connectivity index (χ0v) is 27.8. The molecular weight excluding hydrogens is 587 g/mol. The zero-order valence-electron chi connectivity index (χ0n) is 26.1. The van der Waals surface area contributed by atoms with Crippen molar-refractivity contribution in [1.82, 2.24) is 9.55 Å². The first-order valence-corrected chi connectivity index (χ1v) is 19.1. The summed E-state index contributed by atoms with van der Waals surface area (Å²) >= 11 is 6.91. The quantitative estimate of drug-likeness (QED) is 0.265. The van der Waals surface area contributed by atoms with Gasteiger partial charge in [-0.05, 0) is 56.9 Å². The Morgan fingerprint density at radius 2 is 1.70 bits per heavy atom. The molecule has 0 aliphatic carbocycles. The summed E-state index contributed by atoms with van der Waals surface area (Å²) < 4.78 is 38.4. The third kappa shape index (κ3) is 6.15. The smallest absolute Gasteiger partial charge is 0.456 e. The standard InChI is InChI=1S/C31H42BClN2O7Si/c1-30(2)31(3,4)42-32(41-30)20-10-8-19(9-11-20)21-14-23-24(15-22(21)33)35(18-37-12-13-43(5,6)7)29(34-23)40-26-17-39-27-25(36)16-38-28(26)27/h8-11,14-15,25-28,36H,12-13,16-18H2,1-7H3/t25-,26-,27-,28-/m1/s1. The molecule has 0 unspecified atom stereocenters. The second-order valence-electron chi connectivity index (χ2n) is 14.0. The Hall–Kier alpha value is -1.96. The normalized spacial score (nSPS) is 26.4. The average molecular weight is 629 g/mol. The molecule has 3 aliphatic heterocycles. The molecule has 2 aromatic carbocycles. The highest BCUT2D eigenvalue weighted by Crippen LogP contribution is 2.38. The maximum atomic E-state index is 10.2. The second kappa shape index (κ2) is 11.4. The van der Waals surface area contributed by atoms with Crippen LogP contribution in [0.4, 0.5) is 0 Å². The predicted octanol–water partition coefficient (Wildman–Crippen LogP) is 4.87. The van der Waals surface area contributed by atoms with Crippen LogP contribution in [0.3, 0.4) is 0 Å². The molecule has 0 saturated carbocycles. The molecule has 0 spiro atoms. The highest BCUT2D eigenvalue weighted by atomic mass is 35.5. The number of hydrogen-bond donors (Lipinski definition) is 1. The van der Waals surface area contributed by atoms with Gasteiger partial charge in [0.25, 0.3) is 6.01 Å². The first kappa shape index (κ1) is 31.0. The highest BCUT2D eigenvalue weighted by Gasteiger charge is 2.52. The van der Waals surface area contributed by atoms with E-state index in [9.17, 15) is 5.11 Å². The van der Waals surface area contributed by atoms with Crippen LogP contribution in [-0.2, 0) is 30.3 Å². The molecule has 6 rings (SSSR count). The third-order valence-corrected chi connectivity index (χ3v) is 11.0. The number of aliphatic hydroxyl groups excluding tert-OH is 1. The largest absolute Gasteiger partial charge is 0.494 e. The summed E-state index contributed by atoms with van der Waals surface area (Å²) in [6, 6.07) is 13.4. The van der Waals surface area contributed by atoms with Gasteiger partial charge in [-0.15, -0.1) is 0 Å². The third-order valence-electron chi connectivity index (χ3n) is 9.00. The molecule has 1 N–H and O–H groups in total. The Kier molecular flexibility index (Phi) is 8.26. The van der Waals surface area contributed by atoms with Crippen molar-refractivity contribution in [2.45, 2.75) is 95.7 Å². The monoisotopic (exact) mass is 628 g/mol. The molecule has 1 aromatic heterocycles. The van der Waals surface area contributed by atoms with E-state index in [1.807, 2.05) is 68.7 Å². The van der Waals surface area contributed by atoms with E-state index < -0.39 is 44.7 Å². The minimum atomic E-state index is -1.25. The van der Waals surface area contributed by atoms with Crippen LogP contribution in [0.2, 0.25) is 30.7 Å². The number of benzene rings is 2. The van der Waals surface area contributed by atoms with Gasteiger partial charge in [0.1, 0.15) is 25.0 Å². The van der Waals surface area contributed by atoms with Gasteiger partial charge < -0.3 is 33.4 Å². The van der Waals surface area contributed by atoms with Gasteiger partial charge in [0.05, 0.1) is 40.5 Å². The Morgan fingerprint density at radius 3 is 2.37 bits per heavy atom. The number of halogens is 1. The summed E-state index contributed by atoms with van der Waals surface area (Å²) in [6.07, 6.45) is -1.79. The second-order valence-corrected chi connectivity index (χ2v) is 20.0. The van der Waals surface area contributed by atoms with Crippen LogP contribution >= 0.6 is 11.6 Å². The molecule has 3 aliphatic rings. The molecule has 9 nitrogen and oxygen atoms in total. The fraction of sp³-hybridized carbons (Fsp3) is 0.581. The Balaban J connectivity index is 1.27. The summed E-state index contributed by atoms with van der Waals surface area (Å²) in [5.74, 6) is 0. The Labute approximate surface area is 259 Å². The van der Waals surface area contributed by atoms with Gasteiger partial charge in [0, 0.05) is 20.2 Å². The number of aliphatic hydroxyl groups is 1. The summed E-state index contributed by atoms with van der Waals surface area (Å²) in [5.41, 5.74) is 3.50. The summed E-state index contributed by atoms with van der Waals surface area (Å²) in [7, 11) is -1.69. The fourth-order valence-electron chi connectivity index (χ4n) is 5.57. The van der Waals surface area contributed by atoms with Crippen LogP contribution in [0.5, 0.6) is 6.01 Å². The van der Waals surface area contributed by atoms with Gasteiger partial charge in [-0.25, -0.2) is 0 Å². The number of imidazole rings is 1. The number of nitrogens with zero attached hydrogens (tertiary/aromatic N) is 2. The van der Waals surface area contributed by atoms with Crippen molar-refractivity contribution in [3.63, 3.8) is 0 Å². The fourth-order valence-corrected chi connectivity index (χ4v) is 6.60. The van der Waals surface area contributed by atoms with E-state index >= 15 is 0 Å². The molecule has 3 saturated heterocycles. The van der Waals surface area contributed by atoms with E-state index in [0.29, 0.717) is 24.2 Å². The minimum absolute atomic E-state index is 0.234. The molecule has 0 radical (unpaired) electrons. The lowest BCUT2D eigenvalue weighted by atomic mass is 9.78. The predicted molar refractivity (Wildman–Crippen MR) is 170 cm³/mol. The Morgan fingerprint density at radius 1 is 1.02 bits per heavy atom. The van der Waals surface area contributed by atoms with E-state index in [4.69, 9.17) is 44.8 Å². The summed E-state index contributed by atoms with van der Waals surface area (Å²) in [4.78, 5) is 4.87. The molecule has 232 valence electrons. The maximum Gasteiger partial charge on any atom is 0.494 e. The molecule has 43 heavy (non-hydrogen) atoms. The van der Waals surface area contributed by atoms with E-state index in [0.717, 1.165) is 33.7 Å². The molecule has 4 atom stereocenters. The minimum Gasteiger partial charge on any atom is -0.456 e. The number of hydrogen-bond acceptors (Lipinski definition) is 8. The SMILES string of the molecule is CC1(C)OB(c2ccc(-c3cc4nc(O[C@@H]5CO[C@H]6[C@@H]5OC[C@H]6O)n(COCC[Si](C)(C)C)c4cc3Cl)cc2)OC1(C)C. The van der Waals surface area contributed by atoms with Gasteiger partial charge in [0.2, 0.25) is 0 Å². The van der Waals surface area contributed by atoms with Crippen LogP contribution in [0, 0.1) is 0 Å².